The van der Waals surface area contributed by atoms with Crippen LogP contribution >= 0.6 is 0 Å². The number of rotatable bonds is 8. The van der Waals surface area contributed by atoms with Gasteiger partial charge in [-0.05, 0) is 29.7 Å². The molecule has 0 fully saturated rings. The lowest BCUT2D eigenvalue weighted by molar-refractivity contribution is -0.137. The second-order valence-corrected chi connectivity index (χ2v) is 7.29. The van der Waals surface area contributed by atoms with Crippen LogP contribution in [0.2, 0.25) is 0 Å². The molecular weight excluding hydrogens is 393 g/mol. The van der Waals surface area contributed by atoms with E-state index >= 15 is 0 Å². The molecule has 1 aromatic heterocycles. The molecule has 1 N–H and O–H groups in total. The normalized spacial score (nSPS) is 12.8. The van der Waals surface area contributed by atoms with E-state index in [0.29, 0.717) is 25.1 Å². The van der Waals surface area contributed by atoms with Crippen molar-refractivity contribution < 1.29 is 22.7 Å². The molecule has 0 saturated heterocycles. The number of nitrogens with one attached hydrogen (secondary N) is 1. The highest BCUT2D eigenvalue weighted by Crippen LogP contribution is 2.37. The van der Waals surface area contributed by atoms with E-state index in [1.54, 1.807) is 13.2 Å². The van der Waals surface area contributed by atoms with Crippen LogP contribution < -0.4 is 5.32 Å². The van der Waals surface area contributed by atoms with Gasteiger partial charge in [0.15, 0.2) is 0 Å². The highest BCUT2D eigenvalue weighted by atomic mass is 19.4. The Bertz CT molecular complexity index is 1010. The summed E-state index contributed by atoms with van der Waals surface area (Å²) in [4.78, 5) is 12.6. The molecule has 1 unspecified atom stereocenters. The topological polar surface area (TPSA) is 43.3 Å². The molecular formula is C23H25F3N2O2. The number of halogens is 3. The highest BCUT2D eigenvalue weighted by Gasteiger charge is 2.32. The fourth-order valence-corrected chi connectivity index (χ4v) is 3.69. The van der Waals surface area contributed by atoms with Crippen LogP contribution in [0.25, 0.3) is 10.9 Å². The zero-order valence-electron chi connectivity index (χ0n) is 17.0. The van der Waals surface area contributed by atoms with Crippen molar-refractivity contribution in [2.45, 2.75) is 24.9 Å². The average molecular weight is 418 g/mol. The molecule has 0 aliphatic carbocycles. The van der Waals surface area contributed by atoms with Crippen molar-refractivity contribution in [1.82, 2.24) is 9.88 Å². The molecule has 4 nitrogen and oxygen atoms in total. The van der Waals surface area contributed by atoms with Crippen molar-refractivity contribution in [3.8, 4) is 0 Å². The molecule has 3 aromatic rings. The number of nitrogens with zero attached hydrogens (tertiary/aromatic N) is 1. The molecule has 1 atom stereocenters. The third-order valence-electron chi connectivity index (χ3n) is 5.16. The first-order valence-corrected chi connectivity index (χ1v) is 9.78. The summed E-state index contributed by atoms with van der Waals surface area (Å²) in [6.07, 6.45) is -1.82. The van der Waals surface area contributed by atoms with Crippen LogP contribution in [0.5, 0.6) is 0 Å². The maximum absolute atomic E-state index is 13.3. The molecule has 160 valence electrons. The first kappa shape index (κ1) is 21.9. The van der Waals surface area contributed by atoms with Crippen LogP contribution in [0.1, 0.15) is 35.4 Å². The molecule has 0 radical (unpaired) electrons. The Morgan fingerprint density at radius 1 is 1.17 bits per heavy atom. The Labute approximate surface area is 173 Å². The quantitative estimate of drug-likeness (QED) is 0.531. The average Bonchev–Trinajstić information content (AvgIpc) is 3.05. The third-order valence-corrected chi connectivity index (χ3v) is 5.16. The minimum Gasteiger partial charge on any atom is -0.385 e. The summed E-state index contributed by atoms with van der Waals surface area (Å²) >= 11 is 0. The summed E-state index contributed by atoms with van der Waals surface area (Å²) in [7, 11) is 3.48. The summed E-state index contributed by atoms with van der Waals surface area (Å²) in [5.41, 5.74) is 1.54. The summed E-state index contributed by atoms with van der Waals surface area (Å²) in [6, 6.07) is 12.9. The Hall–Kier alpha value is -2.80. The number of methoxy groups -OCH3 is 1. The number of aromatic nitrogens is 1. The van der Waals surface area contributed by atoms with Gasteiger partial charge in [-0.15, -0.1) is 0 Å². The van der Waals surface area contributed by atoms with Gasteiger partial charge in [0.25, 0.3) is 0 Å². The molecule has 3 rings (SSSR count). The van der Waals surface area contributed by atoms with Crippen LogP contribution in [-0.2, 0) is 22.8 Å². The molecule has 2 aromatic carbocycles. The van der Waals surface area contributed by atoms with Gasteiger partial charge in [0.05, 0.1) is 5.56 Å². The van der Waals surface area contributed by atoms with E-state index in [2.05, 4.69) is 5.32 Å². The van der Waals surface area contributed by atoms with Gasteiger partial charge >= 0.3 is 6.18 Å². The predicted molar refractivity (Wildman–Crippen MR) is 110 cm³/mol. The van der Waals surface area contributed by atoms with Gasteiger partial charge < -0.3 is 14.6 Å². The molecule has 1 amide bonds. The van der Waals surface area contributed by atoms with Gasteiger partial charge in [0.1, 0.15) is 0 Å². The monoisotopic (exact) mass is 418 g/mol. The Morgan fingerprint density at radius 2 is 1.93 bits per heavy atom. The van der Waals surface area contributed by atoms with E-state index < -0.39 is 17.7 Å². The Morgan fingerprint density at radius 3 is 2.67 bits per heavy atom. The van der Waals surface area contributed by atoms with Gasteiger partial charge in [0, 0.05) is 56.7 Å². The van der Waals surface area contributed by atoms with E-state index in [-0.39, 0.29) is 12.3 Å². The number of hydrogen-bond donors (Lipinski definition) is 1. The van der Waals surface area contributed by atoms with E-state index in [0.717, 1.165) is 28.6 Å². The summed E-state index contributed by atoms with van der Waals surface area (Å²) in [6.45, 7) is 0.984. The van der Waals surface area contributed by atoms with E-state index in [4.69, 9.17) is 4.74 Å². The third kappa shape index (κ3) is 5.02. The number of hydrogen-bond acceptors (Lipinski definition) is 2. The summed E-state index contributed by atoms with van der Waals surface area (Å²) in [5, 5.41) is 3.76. The largest absolute Gasteiger partial charge is 0.416 e. The number of fused-ring (bicyclic) bond motifs is 1. The second-order valence-electron chi connectivity index (χ2n) is 7.29. The minimum atomic E-state index is -4.44. The Kier molecular flexibility index (Phi) is 6.82. The first-order valence-electron chi connectivity index (χ1n) is 9.78. The fourth-order valence-electron chi connectivity index (χ4n) is 3.69. The van der Waals surface area contributed by atoms with Crippen LogP contribution in [0, 0.1) is 0 Å². The molecule has 0 aliphatic rings. The number of carbonyl (C=O) groups excluding carboxylic acids is 1. The number of benzene rings is 2. The van der Waals surface area contributed by atoms with Crippen molar-refractivity contribution in [2.24, 2.45) is 7.05 Å². The molecule has 7 heteroatoms. The zero-order valence-corrected chi connectivity index (χ0v) is 17.0. The lowest BCUT2D eigenvalue weighted by Crippen LogP contribution is -2.27. The van der Waals surface area contributed by atoms with Crippen molar-refractivity contribution in [1.29, 1.82) is 0 Å². The van der Waals surface area contributed by atoms with Crippen molar-refractivity contribution in [3.63, 3.8) is 0 Å². The molecule has 1 heterocycles. The number of aryl methyl sites for hydroxylation is 1. The smallest absolute Gasteiger partial charge is 0.385 e. The van der Waals surface area contributed by atoms with E-state index in [1.807, 2.05) is 42.1 Å². The SMILES string of the molecule is COCCCNC(=O)CC(c1cccc(C(F)(F)F)c1)c1cn(C)c2ccccc12. The maximum atomic E-state index is 13.3. The number of para-hydroxylation sites is 1. The predicted octanol–water partition coefficient (Wildman–Crippen LogP) is 4.87. The summed E-state index contributed by atoms with van der Waals surface area (Å²) < 4.78 is 46.8. The van der Waals surface area contributed by atoms with Gasteiger partial charge in [-0.1, -0.05) is 36.4 Å². The van der Waals surface area contributed by atoms with Crippen LogP contribution in [-0.4, -0.2) is 30.7 Å². The fraction of sp³-hybridized carbons (Fsp3) is 0.348. The van der Waals surface area contributed by atoms with Crippen molar-refractivity contribution >= 4 is 16.8 Å². The Balaban J connectivity index is 1.98. The van der Waals surface area contributed by atoms with Crippen molar-refractivity contribution in [3.05, 3.63) is 71.4 Å². The van der Waals surface area contributed by atoms with E-state index in [9.17, 15) is 18.0 Å². The van der Waals surface area contributed by atoms with Crippen LogP contribution in [0.15, 0.2) is 54.7 Å². The standard InChI is InChI=1S/C23H25F3N2O2/c1-28-15-20(18-9-3-4-10-21(18)28)19(14-22(29)27-11-6-12-30-2)16-7-5-8-17(13-16)23(24,25)26/h3-5,7-10,13,15,19H,6,11-12,14H2,1-2H3,(H,27,29). The van der Waals surface area contributed by atoms with Crippen LogP contribution in [0.3, 0.4) is 0 Å². The number of alkyl halides is 3. The molecule has 30 heavy (non-hydrogen) atoms. The van der Waals surface area contributed by atoms with Gasteiger partial charge in [-0.25, -0.2) is 0 Å². The number of ether oxygens (including phenoxy) is 1. The molecule has 0 bridgehead atoms. The lowest BCUT2D eigenvalue weighted by Gasteiger charge is -2.19. The van der Waals surface area contributed by atoms with Gasteiger partial charge in [0.2, 0.25) is 5.91 Å². The molecule has 0 aliphatic heterocycles. The van der Waals surface area contributed by atoms with Gasteiger partial charge in [-0.3, -0.25) is 4.79 Å². The maximum Gasteiger partial charge on any atom is 0.416 e. The highest BCUT2D eigenvalue weighted by molar-refractivity contribution is 5.86. The lowest BCUT2D eigenvalue weighted by atomic mass is 9.87. The molecule has 0 spiro atoms. The second kappa shape index (κ2) is 9.34. The number of amides is 1. The zero-order chi connectivity index (χ0) is 21.7. The molecule has 0 saturated carbocycles. The van der Waals surface area contributed by atoms with E-state index in [1.165, 1.54) is 6.07 Å². The number of carbonyl (C=O) groups is 1. The minimum absolute atomic E-state index is 0.0578. The first-order chi connectivity index (χ1) is 14.3. The van der Waals surface area contributed by atoms with Crippen molar-refractivity contribution in [2.75, 3.05) is 20.3 Å². The summed E-state index contributed by atoms with van der Waals surface area (Å²) in [5.74, 6) is -0.706. The van der Waals surface area contributed by atoms with Crippen LogP contribution in [0.4, 0.5) is 13.2 Å². The van der Waals surface area contributed by atoms with Gasteiger partial charge in [-0.2, -0.15) is 13.2 Å².